The molecule has 5 rings (SSSR count). The number of aromatic nitrogens is 4. The molecule has 9 nitrogen and oxygen atoms in total. The smallest absolute Gasteiger partial charge is 0.254 e. The third-order valence-electron chi connectivity index (χ3n) is 7.07. The van der Waals surface area contributed by atoms with Crippen LogP contribution in [0, 0.1) is 6.92 Å². The predicted octanol–water partition coefficient (Wildman–Crippen LogP) is 3.27. The van der Waals surface area contributed by atoms with Gasteiger partial charge in [0.15, 0.2) is 0 Å². The lowest BCUT2D eigenvalue weighted by molar-refractivity contribution is -0.124. The summed E-state index contributed by atoms with van der Waals surface area (Å²) in [6, 6.07) is 3.62. The molecule has 1 aliphatic carbocycles. The van der Waals surface area contributed by atoms with Crippen molar-refractivity contribution in [3.63, 3.8) is 0 Å². The van der Waals surface area contributed by atoms with E-state index in [-0.39, 0.29) is 11.8 Å². The second-order valence-electron chi connectivity index (χ2n) is 9.61. The Kier molecular flexibility index (Phi) is 5.89. The molecule has 2 amide bonds. The van der Waals surface area contributed by atoms with Crippen LogP contribution < -0.4 is 5.32 Å². The Morgan fingerprint density at radius 2 is 2.00 bits per heavy atom. The normalized spacial score (nSPS) is 18.3. The summed E-state index contributed by atoms with van der Waals surface area (Å²) in [6.07, 6.45) is 6.51. The van der Waals surface area contributed by atoms with Crippen LogP contribution in [0.4, 0.5) is 5.69 Å². The maximum atomic E-state index is 13.4. The van der Waals surface area contributed by atoms with E-state index in [1.165, 1.54) is 6.42 Å². The van der Waals surface area contributed by atoms with Crippen LogP contribution in [0.1, 0.15) is 65.5 Å². The van der Waals surface area contributed by atoms with Crippen molar-refractivity contribution in [1.82, 2.24) is 24.2 Å². The second-order valence-corrected chi connectivity index (χ2v) is 9.61. The van der Waals surface area contributed by atoms with Gasteiger partial charge in [-0.3, -0.25) is 14.3 Å². The Balaban J connectivity index is 1.50. The lowest BCUT2D eigenvalue weighted by atomic mass is 9.85. The molecule has 1 saturated heterocycles. The number of aryl methyl sites for hydroxylation is 3. The molecule has 3 heterocycles. The first kappa shape index (κ1) is 22.6. The molecule has 1 aliphatic heterocycles. The van der Waals surface area contributed by atoms with E-state index in [2.05, 4.69) is 15.0 Å². The minimum Gasteiger partial charge on any atom is -0.368 e. The topological polar surface area (TPSA) is 94.3 Å². The SMILES string of the molecule is Cc1nn(C)cc1CN(C)C(=O)c1cc(NC(=O)C2CCCO2)c2c(c1)nc(C1CCC1)n2C. The number of amides is 2. The van der Waals surface area contributed by atoms with Gasteiger partial charge in [0.1, 0.15) is 11.9 Å². The highest BCUT2D eigenvalue weighted by Crippen LogP contribution is 2.38. The summed E-state index contributed by atoms with van der Waals surface area (Å²) in [4.78, 5) is 32.9. The largest absolute Gasteiger partial charge is 0.368 e. The summed E-state index contributed by atoms with van der Waals surface area (Å²) in [5.41, 5.74) is 4.57. The Bertz CT molecular complexity index is 1250. The molecule has 1 saturated carbocycles. The predicted molar refractivity (Wildman–Crippen MR) is 129 cm³/mol. The van der Waals surface area contributed by atoms with E-state index in [0.29, 0.717) is 36.7 Å². The van der Waals surface area contributed by atoms with Crippen molar-refractivity contribution in [3.8, 4) is 0 Å². The molecule has 0 bridgehead atoms. The van der Waals surface area contributed by atoms with E-state index in [1.54, 1.807) is 22.7 Å². The van der Waals surface area contributed by atoms with Crippen molar-refractivity contribution in [3.05, 3.63) is 41.0 Å². The minimum atomic E-state index is -0.454. The minimum absolute atomic E-state index is 0.131. The van der Waals surface area contributed by atoms with E-state index in [0.717, 1.165) is 47.4 Å². The van der Waals surface area contributed by atoms with Crippen molar-refractivity contribution in [1.29, 1.82) is 0 Å². The molecular formula is C25H32N6O3. The van der Waals surface area contributed by atoms with E-state index in [4.69, 9.17) is 9.72 Å². The molecule has 1 unspecified atom stereocenters. The highest BCUT2D eigenvalue weighted by molar-refractivity contribution is 6.06. The number of hydrogen-bond acceptors (Lipinski definition) is 5. The number of nitrogens with zero attached hydrogens (tertiary/aromatic N) is 5. The Morgan fingerprint density at radius 3 is 2.62 bits per heavy atom. The number of ether oxygens (including phenoxy) is 1. The molecule has 0 radical (unpaired) electrons. The van der Waals surface area contributed by atoms with Crippen molar-refractivity contribution >= 4 is 28.5 Å². The summed E-state index contributed by atoms with van der Waals surface area (Å²) < 4.78 is 9.40. The highest BCUT2D eigenvalue weighted by Gasteiger charge is 2.29. The second kappa shape index (κ2) is 8.87. The molecule has 1 aromatic carbocycles. The molecule has 1 atom stereocenters. The van der Waals surface area contributed by atoms with E-state index < -0.39 is 6.10 Å². The first-order valence-electron chi connectivity index (χ1n) is 12.0. The summed E-state index contributed by atoms with van der Waals surface area (Å²) >= 11 is 0. The Hall–Kier alpha value is -3.20. The standard InChI is InChI=1S/C25H32N6O3/c1-15-18(14-30(3)28-15)13-29(2)25(33)17-11-19-22(31(4)23(26-19)16-7-5-8-16)20(12-17)27-24(32)21-9-6-10-34-21/h11-12,14,16,21H,5-10,13H2,1-4H3,(H,27,32). The van der Waals surface area contributed by atoms with Crippen molar-refractivity contribution in [2.24, 2.45) is 14.1 Å². The fourth-order valence-electron chi connectivity index (χ4n) is 4.97. The molecule has 2 aromatic heterocycles. The molecule has 2 fully saturated rings. The van der Waals surface area contributed by atoms with Crippen LogP contribution >= 0.6 is 0 Å². The van der Waals surface area contributed by atoms with Crippen LogP contribution in [0.15, 0.2) is 18.3 Å². The first-order chi connectivity index (χ1) is 16.3. The highest BCUT2D eigenvalue weighted by atomic mass is 16.5. The molecule has 0 spiro atoms. The number of imidazole rings is 1. The molecule has 1 N–H and O–H groups in total. The van der Waals surface area contributed by atoms with Gasteiger partial charge < -0.3 is 19.5 Å². The third kappa shape index (κ3) is 4.09. The zero-order valence-electron chi connectivity index (χ0n) is 20.3. The third-order valence-corrected chi connectivity index (χ3v) is 7.07. The van der Waals surface area contributed by atoms with Gasteiger partial charge in [-0.25, -0.2) is 4.98 Å². The van der Waals surface area contributed by atoms with Crippen molar-refractivity contribution in [2.45, 2.75) is 57.6 Å². The number of fused-ring (bicyclic) bond motifs is 1. The number of hydrogen-bond donors (Lipinski definition) is 1. The van der Waals surface area contributed by atoms with Crippen molar-refractivity contribution in [2.75, 3.05) is 19.0 Å². The van der Waals surface area contributed by atoms with E-state index in [9.17, 15) is 9.59 Å². The fourth-order valence-corrected chi connectivity index (χ4v) is 4.97. The lowest BCUT2D eigenvalue weighted by Crippen LogP contribution is -2.28. The molecule has 2 aliphatic rings. The van der Waals surface area contributed by atoms with Crippen molar-refractivity contribution < 1.29 is 14.3 Å². The van der Waals surface area contributed by atoms with Gasteiger partial charge in [-0.15, -0.1) is 0 Å². The van der Waals surface area contributed by atoms with Crippen LogP contribution in [0.3, 0.4) is 0 Å². The van der Waals surface area contributed by atoms with Crippen LogP contribution in [0.25, 0.3) is 11.0 Å². The Morgan fingerprint density at radius 1 is 1.21 bits per heavy atom. The fraction of sp³-hybridized carbons (Fsp3) is 0.520. The zero-order valence-corrected chi connectivity index (χ0v) is 20.3. The van der Waals surface area contributed by atoms with Gasteiger partial charge >= 0.3 is 0 Å². The number of carbonyl (C=O) groups is 2. The van der Waals surface area contributed by atoms with Gasteiger partial charge in [-0.05, 0) is 44.7 Å². The quantitative estimate of drug-likeness (QED) is 0.604. The molecule has 9 heteroatoms. The molecule has 180 valence electrons. The average molecular weight is 465 g/mol. The summed E-state index contributed by atoms with van der Waals surface area (Å²) in [5, 5.41) is 7.41. The van der Waals surface area contributed by atoms with Crippen LogP contribution in [-0.2, 0) is 30.2 Å². The van der Waals surface area contributed by atoms with E-state index >= 15 is 0 Å². The maximum absolute atomic E-state index is 13.4. The van der Waals surface area contributed by atoms with E-state index in [1.807, 2.05) is 33.3 Å². The number of anilines is 1. The van der Waals surface area contributed by atoms with Gasteiger partial charge in [0.25, 0.3) is 11.8 Å². The van der Waals surface area contributed by atoms with Crippen LogP contribution in [0.5, 0.6) is 0 Å². The molecular weight excluding hydrogens is 432 g/mol. The maximum Gasteiger partial charge on any atom is 0.254 e. The average Bonchev–Trinajstić information content (AvgIpc) is 3.47. The number of benzene rings is 1. The van der Waals surface area contributed by atoms with Gasteiger partial charge in [-0.1, -0.05) is 6.42 Å². The van der Waals surface area contributed by atoms with Gasteiger partial charge in [0, 0.05) is 57.5 Å². The molecule has 34 heavy (non-hydrogen) atoms. The monoisotopic (exact) mass is 464 g/mol. The van der Waals surface area contributed by atoms with Gasteiger partial charge in [0.2, 0.25) is 0 Å². The lowest BCUT2D eigenvalue weighted by Gasteiger charge is -2.24. The summed E-state index contributed by atoms with van der Waals surface area (Å²) in [5.74, 6) is 1.13. The summed E-state index contributed by atoms with van der Waals surface area (Å²) in [7, 11) is 5.64. The Labute approximate surface area is 199 Å². The number of rotatable bonds is 6. The first-order valence-corrected chi connectivity index (χ1v) is 12.0. The zero-order chi connectivity index (χ0) is 24.0. The van der Waals surface area contributed by atoms with Crippen LogP contribution in [-0.4, -0.2) is 55.8 Å². The number of nitrogens with one attached hydrogen (secondary N) is 1. The van der Waals surface area contributed by atoms with Crippen LogP contribution in [0.2, 0.25) is 0 Å². The summed E-state index contributed by atoms with van der Waals surface area (Å²) in [6.45, 7) is 2.99. The molecule has 3 aromatic rings. The van der Waals surface area contributed by atoms with Gasteiger partial charge in [0.05, 0.1) is 22.4 Å². The van der Waals surface area contributed by atoms with Gasteiger partial charge in [-0.2, -0.15) is 5.10 Å². The number of carbonyl (C=O) groups excluding carboxylic acids is 2.